The second-order valence-electron chi connectivity index (χ2n) is 22.0. The van der Waals surface area contributed by atoms with Crippen molar-refractivity contribution in [3.05, 3.63) is 0 Å². The van der Waals surface area contributed by atoms with Crippen LogP contribution in [0.3, 0.4) is 0 Å². The molecule has 10 heteroatoms. The minimum absolute atomic E-state index is 0.0306. The van der Waals surface area contributed by atoms with Crippen molar-refractivity contribution in [3.63, 3.8) is 0 Å². The van der Waals surface area contributed by atoms with Gasteiger partial charge in [-0.1, -0.05) is 189 Å². The molecule has 0 aliphatic heterocycles. The minimum Gasteiger partial charge on any atom is -0.462 e. The van der Waals surface area contributed by atoms with Crippen molar-refractivity contribution in [2.24, 2.45) is 0 Å². The molecule has 0 N–H and O–H groups in total. The molecule has 10 nitrogen and oxygen atoms in total. The SMILES string of the molecule is CCCCCCCC(C)OC(=O)CN(CCCN(C)C)C(=O)OC(CCCCCCCCC(=O)OC(CCCCCC)CCCCCC)CCCCCCCCC(=O)OC(CCCCCC)CCCCCC. The number of unbranched alkanes of at least 4 members (excludes halogenated alkanes) is 26. The Morgan fingerprint density at radius 3 is 1.00 bits per heavy atom. The number of hydrogen-bond donors (Lipinski definition) is 0. The average molecular weight is 1020 g/mol. The van der Waals surface area contributed by atoms with E-state index in [0.717, 1.165) is 173 Å². The van der Waals surface area contributed by atoms with Gasteiger partial charge in [-0.3, -0.25) is 19.3 Å². The predicted octanol–water partition coefficient (Wildman–Crippen LogP) is 18.0. The highest BCUT2D eigenvalue weighted by molar-refractivity contribution is 5.78. The predicted molar refractivity (Wildman–Crippen MR) is 303 cm³/mol. The van der Waals surface area contributed by atoms with E-state index in [4.69, 9.17) is 18.9 Å². The molecule has 0 aromatic carbocycles. The van der Waals surface area contributed by atoms with Crippen LogP contribution in [0.1, 0.15) is 318 Å². The Morgan fingerprint density at radius 2 is 0.639 bits per heavy atom. The van der Waals surface area contributed by atoms with Crippen LogP contribution in [0.25, 0.3) is 0 Å². The van der Waals surface area contributed by atoms with Crippen LogP contribution in [0.2, 0.25) is 0 Å². The molecule has 0 spiro atoms. The van der Waals surface area contributed by atoms with Crippen molar-refractivity contribution in [2.75, 3.05) is 33.7 Å². The maximum absolute atomic E-state index is 13.9. The zero-order chi connectivity index (χ0) is 53.1. The number of ether oxygens (including phenoxy) is 4. The lowest BCUT2D eigenvalue weighted by Crippen LogP contribution is -2.40. The molecule has 1 atom stereocenters. The Morgan fingerprint density at radius 1 is 0.333 bits per heavy atom. The number of esters is 3. The lowest BCUT2D eigenvalue weighted by Gasteiger charge is -2.26. The number of carbonyl (C=O) groups excluding carboxylic acids is 4. The molecule has 0 heterocycles. The van der Waals surface area contributed by atoms with E-state index in [2.05, 4.69) is 39.5 Å². The van der Waals surface area contributed by atoms with Crippen LogP contribution >= 0.6 is 0 Å². The zero-order valence-electron chi connectivity index (χ0n) is 49.0. The normalized spacial score (nSPS) is 12.1. The molecule has 0 rings (SSSR count). The highest BCUT2D eigenvalue weighted by atomic mass is 16.6. The number of rotatable bonds is 54. The molecule has 0 aliphatic rings. The van der Waals surface area contributed by atoms with E-state index in [1.54, 1.807) is 4.90 Å². The van der Waals surface area contributed by atoms with E-state index in [1.807, 2.05) is 21.0 Å². The fourth-order valence-electron chi connectivity index (χ4n) is 9.71. The van der Waals surface area contributed by atoms with Gasteiger partial charge in [-0.25, -0.2) is 4.79 Å². The highest BCUT2D eigenvalue weighted by Gasteiger charge is 2.24. The van der Waals surface area contributed by atoms with Crippen molar-refractivity contribution < 1.29 is 38.1 Å². The van der Waals surface area contributed by atoms with Gasteiger partial charge >= 0.3 is 24.0 Å². The summed E-state index contributed by atoms with van der Waals surface area (Å²) in [6.07, 6.45) is 44.6. The topological polar surface area (TPSA) is 112 Å². The number of nitrogens with zero attached hydrogens (tertiary/aromatic N) is 2. The molecule has 0 saturated carbocycles. The van der Waals surface area contributed by atoms with Crippen LogP contribution < -0.4 is 0 Å². The van der Waals surface area contributed by atoms with Crippen molar-refractivity contribution in [3.8, 4) is 0 Å². The maximum Gasteiger partial charge on any atom is 0.410 e. The van der Waals surface area contributed by atoms with Gasteiger partial charge in [-0.05, 0) is 137 Å². The van der Waals surface area contributed by atoms with Gasteiger partial charge in [-0.15, -0.1) is 0 Å². The molecule has 0 fully saturated rings. The number of amides is 1. The third kappa shape index (κ3) is 46.2. The van der Waals surface area contributed by atoms with E-state index in [-0.39, 0.29) is 48.9 Å². The van der Waals surface area contributed by atoms with Crippen molar-refractivity contribution in [2.45, 2.75) is 342 Å². The van der Waals surface area contributed by atoms with E-state index >= 15 is 0 Å². The van der Waals surface area contributed by atoms with E-state index in [1.165, 1.54) is 96.3 Å². The van der Waals surface area contributed by atoms with Gasteiger partial charge in [0.05, 0.1) is 6.10 Å². The summed E-state index contributed by atoms with van der Waals surface area (Å²) >= 11 is 0. The first-order valence-corrected chi connectivity index (χ1v) is 31.2. The van der Waals surface area contributed by atoms with Gasteiger partial charge in [-0.2, -0.15) is 0 Å². The molecular formula is C62H120N2O8. The van der Waals surface area contributed by atoms with Crippen LogP contribution in [0.15, 0.2) is 0 Å². The maximum atomic E-state index is 13.9. The lowest BCUT2D eigenvalue weighted by atomic mass is 10.0. The van der Waals surface area contributed by atoms with Gasteiger partial charge in [0.2, 0.25) is 0 Å². The standard InChI is InChI=1S/C62H120N2O8/c1-9-14-19-28-33-43-55(6)69-61(67)54-64(53-42-52-63(7)8)62(68)72-58(48-38-29-24-26-31-40-50-59(65)70-56(44-34-20-15-10-2)45-35-21-16-11-3)49-39-30-25-27-32-41-51-60(66)71-57(46-36-22-17-12-4)47-37-23-18-13-5/h55-58H,9-54H2,1-8H3. The summed E-state index contributed by atoms with van der Waals surface area (Å²) in [5, 5.41) is 0. The molecule has 72 heavy (non-hydrogen) atoms. The fourth-order valence-corrected chi connectivity index (χ4v) is 9.71. The Hall–Kier alpha value is -2.36. The second-order valence-corrected chi connectivity index (χ2v) is 22.0. The average Bonchev–Trinajstić information content (AvgIpc) is 3.35. The first-order valence-electron chi connectivity index (χ1n) is 31.2. The summed E-state index contributed by atoms with van der Waals surface area (Å²) in [6, 6.07) is 0. The van der Waals surface area contributed by atoms with E-state index in [9.17, 15) is 19.2 Å². The molecule has 0 aromatic rings. The molecule has 0 radical (unpaired) electrons. The summed E-state index contributed by atoms with van der Waals surface area (Å²) in [6.45, 7) is 14.2. The molecule has 0 aliphatic carbocycles. The smallest absolute Gasteiger partial charge is 0.410 e. The third-order valence-electron chi connectivity index (χ3n) is 14.4. The molecule has 1 amide bonds. The largest absolute Gasteiger partial charge is 0.462 e. The third-order valence-corrected chi connectivity index (χ3v) is 14.4. The summed E-state index contributed by atoms with van der Waals surface area (Å²) in [5.41, 5.74) is 0. The zero-order valence-corrected chi connectivity index (χ0v) is 49.0. The van der Waals surface area contributed by atoms with E-state index < -0.39 is 6.09 Å². The fraction of sp³-hybridized carbons (Fsp3) is 0.935. The summed E-state index contributed by atoms with van der Waals surface area (Å²) in [7, 11) is 4.03. The molecule has 0 aromatic heterocycles. The summed E-state index contributed by atoms with van der Waals surface area (Å²) in [4.78, 5) is 56.4. The number of hydrogen-bond acceptors (Lipinski definition) is 9. The van der Waals surface area contributed by atoms with Crippen molar-refractivity contribution >= 4 is 24.0 Å². The van der Waals surface area contributed by atoms with Crippen LogP contribution in [0.4, 0.5) is 4.79 Å². The number of carbonyl (C=O) groups is 4. The van der Waals surface area contributed by atoms with E-state index in [0.29, 0.717) is 19.4 Å². The van der Waals surface area contributed by atoms with Crippen LogP contribution in [-0.2, 0) is 33.3 Å². The molecule has 426 valence electrons. The summed E-state index contributed by atoms with van der Waals surface area (Å²) in [5.74, 6) is -0.431. The Bertz CT molecular complexity index is 1150. The summed E-state index contributed by atoms with van der Waals surface area (Å²) < 4.78 is 24.1. The van der Waals surface area contributed by atoms with Gasteiger partial charge in [0.1, 0.15) is 24.9 Å². The lowest BCUT2D eigenvalue weighted by molar-refractivity contribution is -0.151. The van der Waals surface area contributed by atoms with Crippen molar-refractivity contribution in [1.82, 2.24) is 9.80 Å². The van der Waals surface area contributed by atoms with Gasteiger partial charge < -0.3 is 23.8 Å². The minimum atomic E-state index is -0.421. The van der Waals surface area contributed by atoms with Gasteiger partial charge in [0.15, 0.2) is 0 Å². The van der Waals surface area contributed by atoms with Gasteiger partial charge in [0.25, 0.3) is 0 Å². The highest BCUT2D eigenvalue weighted by Crippen LogP contribution is 2.22. The second kappa shape index (κ2) is 52.1. The monoisotopic (exact) mass is 1020 g/mol. The van der Waals surface area contributed by atoms with Crippen LogP contribution in [0, 0.1) is 0 Å². The van der Waals surface area contributed by atoms with Crippen molar-refractivity contribution in [1.29, 1.82) is 0 Å². The molecule has 0 bridgehead atoms. The van der Waals surface area contributed by atoms with Crippen LogP contribution in [0.5, 0.6) is 0 Å². The van der Waals surface area contributed by atoms with Crippen LogP contribution in [-0.4, -0.2) is 91.9 Å². The molecular weight excluding hydrogens is 901 g/mol. The first-order chi connectivity index (χ1) is 35.0. The Labute approximate surface area is 446 Å². The first kappa shape index (κ1) is 69.6. The Balaban J connectivity index is 5.27. The molecule has 0 saturated heterocycles. The van der Waals surface area contributed by atoms with Gasteiger partial charge in [0, 0.05) is 19.4 Å². The molecule has 1 unspecified atom stereocenters. The Kier molecular flexibility index (Phi) is 50.4. The quantitative estimate of drug-likeness (QED) is 0.0334.